The molecule has 16 heavy (non-hydrogen) atoms. The average molecular weight is 250 g/mol. The lowest BCUT2D eigenvalue weighted by molar-refractivity contribution is 0.624. The van der Waals surface area contributed by atoms with Crippen molar-refractivity contribution in [3.63, 3.8) is 0 Å². The van der Waals surface area contributed by atoms with Gasteiger partial charge in [0.25, 0.3) is 0 Å². The summed E-state index contributed by atoms with van der Waals surface area (Å²) in [4.78, 5) is 12.0. The minimum Gasteiger partial charge on any atom is -0.341 e. The molecule has 0 aliphatic carbocycles. The first-order chi connectivity index (χ1) is 7.84. The summed E-state index contributed by atoms with van der Waals surface area (Å²) in [6.45, 7) is 1.80. The number of aromatic amines is 1. The maximum atomic E-state index is 5.30. The van der Waals surface area contributed by atoms with Gasteiger partial charge >= 0.3 is 0 Å². The van der Waals surface area contributed by atoms with Crippen LogP contribution in [0.4, 0.5) is 0 Å². The van der Waals surface area contributed by atoms with Gasteiger partial charge in [-0.3, -0.25) is 0 Å². The van der Waals surface area contributed by atoms with E-state index in [0.29, 0.717) is 4.64 Å². The zero-order valence-corrected chi connectivity index (χ0v) is 10.1. The molecule has 0 spiro atoms. The number of hydrogen-bond donors (Lipinski definition) is 2. The van der Waals surface area contributed by atoms with Crippen LogP contribution in [0.1, 0.15) is 11.3 Å². The molecule has 1 aliphatic rings. The van der Waals surface area contributed by atoms with Crippen LogP contribution in [-0.2, 0) is 13.0 Å². The summed E-state index contributed by atoms with van der Waals surface area (Å²) in [5, 5.41) is 5.27. The van der Waals surface area contributed by atoms with Gasteiger partial charge in [0, 0.05) is 36.1 Å². The lowest BCUT2D eigenvalue weighted by Crippen LogP contribution is -2.25. The Balaban J connectivity index is 2.16. The number of aromatic nitrogens is 3. The lowest BCUT2D eigenvalue weighted by Gasteiger charge is -2.17. The van der Waals surface area contributed by atoms with Gasteiger partial charge in [-0.2, -0.15) is 0 Å². The van der Waals surface area contributed by atoms with E-state index in [1.807, 2.05) is 5.38 Å². The van der Waals surface area contributed by atoms with E-state index in [1.165, 1.54) is 5.69 Å². The quantitative estimate of drug-likeness (QED) is 0.759. The zero-order chi connectivity index (χ0) is 11.0. The van der Waals surface area contributed by atoms with E-state index in [-0.39, 0.29) is 0 Å². The molecular weight excluding hydrogens is 240 g/mol. The fourth-order valence-electron chi connectivity index (χ4n) is 1.82. The summed E-state index contributed by atoms with van der Waals surface area (Å²) < 4.78 is 0.684. The standard InChI is InChI=1S/C10H10N4S2/c15-10-6-3-11-2-1-7(6)13-9(14-10)8-4-16-5-12-8/h4-5,11H,1-3H2,(H,13,14,15). The van der Waals surface area contributed by atoms with Crippen molar-refractivity contribution < 1.29 is 0 Å². The predicted octanol–water partition coefficient (Wildman–Crippen LogP) is 1.91. The third-order valence-electron chi connectivity index (χ3n) is 2.63. The second-order valence-electron chi connectivity index (χ2n) is 3.65. The molecule has 1 aliphatic heterocycles. The summed E-state index contributed by atoms with van der Waals surface area (Å²) in [6.07, 6.45) is 0.971. The molecule has 82 valence electrons. The summed E-state index contributed by atoms with van der Waals surface area (Å²) >= 11 is 6.87. The number of H-pyrrole nitrogens is 1. The molecule has 2 aromatic heterocycles. The van der Waals surface area contributed by atoms with Crippen molar-refractivity contribution in [1.82, 2.24) is 20.3 Å². The van der Waals surface area contributed by atoms with Gasteiger partial charge in [-0.15, -0.1) is 11.3 Å². The number of hydrogen-bond acceptors (Lipinski definition) is 5. The van der Waals surface area contributed by atoms with Crippen LogP contribution >= 0.6 is 23.6 Å². The molecule has 3 rings (SSSR count). The van der Waals surface area contributed by atoms with Gasteiger partial charge in [0.05, 0.1) is 5.51 Å². The first-order valence-corrected chi connectivity index (χ1v) is 6.41. The van der Waals surface area contributed by atoms with Gasteiger partial charge in [-0.25, -0.2) is 9.97 Å². The van der Waals surface area contributed by atoms with E-state index in [9.17, 15) is 0 Å². The Labute approximate surface area is 102 Å². The molecule has 0 radical (unpaired) electrons. The van der Waals surface area contributed by atoms with E-state index in [1.54, 1.807) is 16.8 Å². The normalized spacial score (nSPS) is 14.8. The maximum Gasteiger partial charge on any atom is 0.158 e. The van der Waals surface area contributed by atoms with Crippen molar-refractivity contribution in [2.45, 2.75) is 13.0 Å². The molecule has 0 unspecified atom stereocenters. The van der Waals surface area contributed by atoms with Gasteiger partial charge in [0.2, 0.25) is 0 Å². The largest absolute Gasteiger partial charge is 0.341 e. The highest BCUT2D eigenvalue weighted by atomic mass is 32.1. The van der Waals surface area contributed by atoms with Crippen LogP contribution in [0.25, 0.3) is 11.5 Å². The lowest BCUT2D eigenvalue weighted by atomic mass is 10.1. The molecular formula is C10H10N4S2. The first-order valence-electron chi connectivity index (χ1n) is 5.06. The molecule has 0 saturated heterocycles. The Morgan fingerprint density at radius 1 is 1.44 bits per heavy atom. The van der Waals surface area contributed by atoms with Gasteiger partial charge in [0.15, 0.2) is 5.82 Å². The van der Waals surface area contributed by atoms with Crippen LogP contribution in [-0.4, -0.2) is 21.5 Å². The Morgan fingerprint density at radius 2 is 2.38 bits per heavy atom. The summed E-state index contributed by atoms with van der Waals surface area (Å²) in [5.74, 6) is 0.784. The van der Waals surface area contributed by atoms with Gasteiger partial charge in [0.1, 0.15) is 10.3 Å². The Hall–Kier alpha value is -1.11. The number of nitrogens with zero attached hydrogens (tertiary/aromatic N) is 2. The van der Waals surface area contributed by atoms with Crippen LogP contribution in [0.5, 0.6) is 0 Å². The molecule has 2 aromatic rings. The van der Waals surface area contributed by atoms with Crippen LogP contribution in [0.2, 0.25) is 0 Å². The highest BCUT2D eigenvalue weighted by molar-refractivity contribution is 7.71. The molecule has 2 N–H and O–H groups in total. The van der Waals surface area contributed by atoms with E-state index in [0.717, 1.165) is 36.6 Å². The maximum absolute atomic E-state index is 5.30. The monoisotopic (exact) mass is 250 g/mol. The summed E-state index contributed by atoms with van der Waals surface area (Å²) in [7, 11) is 0. The number of nitrogens with one attached hydrogen (secondary N) is 2. The second-order valence-corrected chi connectivity index (χ2v) is 4.75. The van der Waals surface area contributed by atoms with Gasteiger partial charge < -0.3 is 10.3 Å². The topological polar surface area (TPSA) is 53.6 Å². The van der Waals surface area contributed by atoms with E-state index < -0.39 is 0 Å². The van der Waals surface area contributed by atoms with Gasteiger partial charge in [-0.05, 0) is 0 Å². The Morgan fingerprint density at radius 3 is 3.19 bits per heavy atom. The SMILES string of the molecule is S=c1nc(-c2cscn2)[nH]c2c1CNCC2. The van der Waals surface area contributed by atoms with Crippen molar-refractivity contribution in [1.29, 1.82) is 0 Å². The zero-order valence-electron chi connectivity index (χ0n) is 8.49. The minimum absolute atomic E-state index is 0.684. The molecule has 6 heteroatoms. The minimum atomic E-state index is 0.684. The first kappa shape index (κ1) is 10.1. The van der Waals surface area contributed by atoms with Crippen LogP contribution in [0, 0.1) is 4.64 Å². The molecule has 0 atom stereocenters. The number of thiazole rings is 1. The molecule has 4 nitrogen and oxygen atoms in total. The van der Waals surface area contributed by atoms with Gasteiger partial charge in [-0.1, -0.05) is 12.2 Å². The second kappa shape index (κ2) is 4.04. The van der Waals surface area contributed by atoms with Crippen molar-refractivity contribution in [2.75, 3.05) is 6.54 Å². The number of rotatable bonds is 1. The van der Waals surface area contributed by atoms with Crippen LogP contribution < -0.4 is 5.32 Å². The summed E-state index contributed by atoms with van der Waals surface area (Å²) in [5.41, 5.74) is 4.99. The third kappa shape index (κ3) is 1.68. The Bertz CT molecular complexity index is 559. The fraction of sp³-hybridized carbons (Fsp3) is 0.300. The molecule has 0 bridgehead atoms. The van der Waals surface area contributed by atoms with Crippen molar-refractivity contribution in [2.24, 2.45) is 0 Å². The molecule has 0 amide bonds. The smallest absolute Gasteiger partial charge is 0.158 e. The van der Waals surface area contributed by atoms with E-state index in [2.05, 4.69) is 20.3 Å². The molecule has 0 saturated carbocycles. The van der Waals surface area contributed by atoms with Crippen molar-refractivity contribution in [3.8, 4) is 11.5 Å². The molecule has 3 heterocycles. The Kier molecular flexibility index (Phi) is 2.55. The highest BCUT2D eigenvalue weighted by Gasteiger charge is 2.13. The average Bonchev–Trinajstić information content (AvgIpc) is 2.82. The number of fused-ring (bicyclic) bond motifs is 1. The molecule has 0 aromatic carbocycles. The van der Waals surface area contributed by atoms with Crippen LogP contribution in [0.3, 0.4) is 0 Å². The predicted molar refractivity (Wildman–Crippen MR) is 65.9 cm³/mol. The summed E-state index contributed by atoms with van der Waals surface area (Å²) in [6, 6.07) is 0. The van der Waals surface area contributed by atoms with Crippen molar-refractivity contribution >= 4 is 23.6 Å². The molecule has 0 fully saturated rings. The fourth-order valence-corrected chi connectivity index (χ4v) is 2.64. The van der Waals surface area contributed by atoms with Crippen molar-refractivity contribution in [3.05, 3.63) is 26.8 Å². The van der Waals surface area contributed by atoms with Crippen LogP contribution in [0.15, 0.2) is 10.9 Å². The third-order valence-corrected chi connectivity index (χ3v) is 3.56. The van der Waals surface area contributed by atoms with E-state index >= 15 is 0 Å². The van der Waals surface area contributed by atoms with E-state index in [4.69, 9.17) is 12.2 Å². The highest BCUT2D eigenvalue weighted by Crippen LogP contribution is 2.19.